The number of hydrogen-bond donors (Lipinski definition) is 1. The maximum Gasteiger partial charge on any atom is 0.256 e. The molecule has 0 radical (unpaired) electrons. The number of benzene rings is 1. The molecule has 1 saturated heterocycles. The summed E-state index contributed by atoms with van der Waals surface area (Å²) in [4.78, 5) is 20.3. The van der Waals surface area contributed by atoms with Gasteiger partial charge in [0.05, 0.1) is 12.7 Å². The van der Waals surface area contributed by atoms with Gasteiger partial charge in [-0.1, -0.05) is 18.2 Å². The van der Waals surface area contributed by atoms with E-state index in [1.165, 1.54) is 0 Å². The monoisotopic (exact) mass is 313 g/mol. The highest BCUT2D eigenvalue weighted by Gasteiger charge is 2.28. The molecule has 1 aromatic carbocycles. The van der Waals surface area contributed by atoms with Crippen LogP contribution >= 0.6 is 0 Å². The molecule has 5 nitrogen and oxygen atoms in total. The minimum Gasteiger partial charge on any atom is -0.496 e. The highest BCUT2D eigenvalue weighted by atomic mass is 16.5. The van der Waals surface area contributed by atoms with E-state index < -0.39 is 0 Å². The zero-order valence-corrected chi connectivity index (χ0v) is 13.9. The molecule has 2 aromatic rings. The van der Waals surface area contributed by atoms with Gasteiger partial charge in [-0.15, -0.1) is 0 Å². The maximum absolute atomic E-state index is 13.0. The second kappa shape index (κ2) is 6.46. The Morgan fingerprint density at radius 3 is 2.74 bits per heavy atom. The van der Waals surface area contributed by atoms with Crippen molar-refractivity contribution in [2.45, 2.75) is 13.0 Å². The summed E-state index contributed by atoms with van der Waals surface area (Å²) >= 11 is 0. The van der Waals surface area contributed by atoms with Gasteiger partial charge in [-0.2, -0.15) is 0 Å². The Bertz CT molecular complexity index is 695. The lowest BCUT2D eigenvalue weighted by molar-refractivity contribution is 0.0534. The number of ether oxygens (including phenoxy) is 1. The van der Waals surface area contributed by atoms with E-state index in [0.29, 0.717) is 5.56 Å². The van der Waals surface area contributed by atoms with E-state index in [9.17, 15) is 4.79 Å². The number of hydrogen-bond acceptors (Lipinski definition) is 3. The summed E-state index contributed by atoms with van der Waals surface area (Å²) in [6, 6.07) is 7.99. The molecule has 23 heavy (non-hydrogen) atoms. The molecule has 1 atom stereocenters. The number of aromatic nitrogens is 1. The van der Waals surface area contributed by atoms with Crippen LogP contribution in [0.25, 0.3) is 11.1 Å². The van der Waals surface area contributed by atoms with Crippen molar-refractivity contribution >= 4 is 5.91 Å². The summed E-state index contributed by atoms with van der Waals surface area (Å²) in [5, 5.41) is 0. The van der Waals surface area contributed by atoms with Crippen molar-refractivity contribution < 1.29 is 9.53 Å². The van der Waals surface area contributed by atoms with Crippen molar-refractivity contribution in [3.63, 3.8) is 0 Å². The fourth-order valence-corrected chi connectivity index (χ4v) is 3.23. The lowest BCUT2D eigenvalue weighted by atomic mass is 10.0. The van der Waals surface area contributed by atoms with Gasteiger partial charge >= 0.3 is 0 Å². The third kappa shape index (κ3) is 2.97. The highest BCUT2D eigenvalue weighted by Crippen LogP contribution is 2.33. The molecule has 0 spiro atoms. The van der Waals surface area contributed by atoms with Crippen molar-refractivity contribution in [1.82, 2.24) is 14.8 Å². The third-order valence-corrected chi connectivity index (χ3v) is 4.46. The Kier molecular flexibility index (Phi) is 4.39. The molecule has 0 bridgehead atoms. The summed E-state index contributed by atoms with van der Waals surface area (Å²) in [5.74, 6) is 0.848. The van der Waals surface area contributed by atoms with Crippen LogP contribution in [0.1, 0.15) is 17.3 Å². The van der Waals surface area contributed by atoms with Crippen LogP contribution in [0.4, 0.5) is 0 Å². The van der Waals surface area contributed by atoms with E-state index in [4.69, 9.17) is 4.74 Å². The van der Waals surface area contributed by atoms with Gasteiger partial charge < -0.3 is 19.5 Å². The first-order valence-corrected chi connectivity index (χ1v) is 7.91. The fourth-order valence-electron chi connectivity index (χ4n) is 3.23. The van der Waals surface area contributed by atoms with Crippen molar-refractivity contribution in [2.75, 3.05) is 33.8 Å². The van der Waals surface area contributed by atoms with Crippen molar-refractivity contribution in [3.05, 3.63) is 42.2 Å². The Morgan fingerprint density at radius 2 is 2.00 bits per heavy atom. The molecule has 1 N–H and O–H groups in total. The normalized spacial score (nSPS) is 18.9. The number of likely N-dealkylation sites (N-methyl/N-ethyl adjacent to an activating group) is 1. The molecule has 122 valence electrons. The van der Waals surface area contributed by atoms with E-state index in [1.807, 2.05) is 35.4 Å². The van der Waals surface area contributed by atoms with Gasteiger partial charge in [0.15, 0.2) is 0 Å². The molecular weight excluding hydrogens is 290 g/mol. The second-order valence-electron chi connectivity index (χ2n) is 6.09. The minimum atomic E-state index is 0.0766. The number of piperazine rings is 1. The smallest absolute Gasteiger partial charge is 0.256 e. The van der Waals surface area contributed by atoms with E-state index >= 15 is 0 Å². The number of amides is 1. The van der Waals surface area contributed by atoms with Gasteiger partial charge in [-0.05, 0) is 20.0 Å². The lowest BCUT2D eigenvalue weighted by Crippen LogP contribution is -2.52. The molecule has 1 amide bonds. The highest BCUT2D eigenvalue weighted by molar-refractivity contribution is 6.01. The molecule has 0 aliphatic carbocycles. The van der Waals surface area contributed by atoms with Gasteiger partial charge in [0, 0.05) is 49.2 Å². The number of nitrogens with zero attached hydrogens (tertiary/aromatic N) is 2. The number of aromatic amines is 1. The Labute approximate surface area is 136 Å². The molecule has 2 heterocycles. The van der Waals surface area contributed by atoms with Gasteiger partial charge in [0.2, 0.25) is 0 Å². The Morgan fingerprint density at radius 1 is 1.22 bits per heavy atom. The number of rotatable bonds is 3. The van der Waals surface area contributed by atoms with Gasteiger partial charge in [-0.25, -0.2) is 0 Å². The van der Waals surface area contributed by atoms with Crippen LogP contribution < -0.4 is 4.74 Å². The zero-order valence-electron chi connectivity index (χ0n) is 13.9. The van der Waals surface area contributed by atoms with Crippen molar-refractivity contribution in [1.29, 1.82) is 0 Å². The third-order valence-electron chi connectivity index (χ3n) is 4.46. The summed E-state index contributed by atoms with van der Waals surface area (Å²) in [6.45, 7) is 4.67. The average molecular weight is 313 g/mol. The Balaban J connectivity index is 1.93. The molecule has 1 aliphatic rings. The minimum absolute atomic E-state index is 0.0766. The van der Waals surface area contributed by atoms with Crippen LogP contribution in [-0.4, -0.2) is 60.5 Å². The van der Waals surface area contributed by atoms with Crippen LogP contribution in [0.2, 0.25) is 0 Å². The van der Waals surface area contributed by atoms with Gasteiger partial charge in [0.25, 0.3) is 5.91 Å². The predicted molar refractivity (Wildman–Crippen MR) is 90.8 cm³/mol. The molecule has 1 aromatic heterocycles. The topological polar surface area (TPSA) is 48.6 Å². The number of carbonyl (C=O) groups excluding carboxylic acids is 1. The largest absolute Gasteiger partial charge is 0.496 e. The van der Waals surface area contributed by atoms with Gasteiger partial charge in [0.1, 0.15) is 5.75 Å². The SMILES string of the molecule is COc1ccccc1-c1c[nH]cc1C(=O)N1CCN(C)C[C@H]1C. The first kappa shape index (κ1) is 15.6. The summed E-state index contributed by atoms with van der Waals surface area (Å²) < 4.78 is 5.44. The molecule has 1 aliphatic heterocycles. The van der Waals surface area contributed by atoms with Crippen LogP contribution in [0, 0.1) is 0 Å². The summed E-state index contributed by atoms with van der Waals surface area (Å²) in [7, 11) is 3.74. The quantitative estimate of drug-likeness (QED) is 0.947. The van der Waals surface area contributed by atoms with E-state index in [-0.39, 0.29) is 11.9 Å². The Hall–Kier alpha value is -2.27. The van der Waals surface area contributed by atoms with E-state index in [1.54, 1.807) is 13.3 Å². The summed E-state index contributed by atoms with van der Waals surface area (Å²) in [5.41, 5.74) is 2.52. The number of methoxy groups -OCH3 is 1. The van der Waals surface area contributed by atoms with Crippen LogP contribution in [-0.2, 0) is 0 Å². The standard InChI is InChI=1S/C18H23N3O2/c1-13-12-20(2)8-9-21(13)18(22)16-11-19-10-15(16)14-6-4-5-7-17(14)23-3/h4-7,10-11,13,19H,8-9,12H2,1-3H3/t13-/m1/s1. The van der Waals surface area contributed by atoms with Gasteiger partial charge in [-0.3, -0.25) is 4.79 Å². The zero-order chi connectivity index (χ0) is 16.4. The lowest BCUT2D eigenvalue weighted by Gasteiger charge is -2.38. The number of nitrogens with one attached hydrogen (secondary N) is 1. The number of carbonyl (C=O) groups is 1. The molecule has 0 saturated carbocycles. The number of para-hydroxylation sites is 1. The van der Waals surface area contributed by atoms with Crippen molar-refractivity contribution in [2.24, 2.45) is 0 Å². The number of H-pyrrole nitrogens is 1. The average Bonchev–Trinajstić information content (AvgIpc) is 3.03. The molecular formula is C18H23N3O2. The van der Waals surface area contributed by atoms with Crippen LogP contribution in [0.5, 0.6) is 5.75 Å². The second-order valence-corrected chi connectivity index (χ2v) is 6.09. The molecule has 1 fully saturated rings. The fraction of sp³-hybridized carbons (Fsp3) is 0.389. The molecule has 3 rings (SSSR count). The first-order valence-electron chi connectivity index (χ1n) is 7.91. The predicted octanol–water partition coefficient (Wildman–Crippen LogP) is 2.47. The molecule has 5 heteroatoms. The maximum atomic E-state index is 13.0. The molecule has 0 unspecified atom stereocenters. The van der Waals surface area contributed by atoms with E-state index in [0.717, 1.165) is 36.5 Å². The summed E-state index contributed by atoms with van der Waals surface area (Å²) in [6.07, 6.45) is 3.65. The van der Waals surface area contributed by atoms with Crippen LogP contribution in [0.15, 0.2) is 36.7 Å². The van der Waals surface area contributed by atoms with Crippen molar-refractivity contribution in [3.8, 4) is 16.9 Å². The first-order chi connectivity index (χ1) is 11.1. The van der Waals surface area contributed by atoms with E-state index in [2.05, 4.69) is 23.9 Å². The van der Waals surface area contributed by atoms with Crippen LogP contribution in [0.3, 0.4) is 0 Å².